The second-order valence-corrected chi connectivity index (χ2v) is 9.71. The van der Waals surface area contributed by atoms with Crippen LogP contribution in [0, 0.1) is 14.9 Å². The van der Waals surface area contributed by atoms with Gasteiger partial charge in [0.2, 0.25) is 0 Å². The normalized spacial score (nSPS) is 16.1. The number of hydrogen-bond acceptors (Lipinski definition) is 4. The Morgan fingerprint density at radius 3 is 2.30 bits per heavy atom. The van der Waals surface area contributed by atoms with E-state index in [1.165, 1.54) is 40.8 Å². The number of alkyl halides is 7. The van der Waals surface area contributed by atoms with Gasteiger partial charge < -0.3 is 15.6 Å². The molecule has 0 unspecified atom stereocenters. The van der Waals surface area contributed by atoms with E-state index in [0.29, 0.717) is 23.5 Å². The van der Waals surface area contributed by atoms with Crippen LogP contribution in [0.3, 0.4) is 0 Å². The van der Waals surface area contributed by atoms with Gasteiger partial charge in [-0.05, 0) is 59.2 Å². The predicted octanol–water partition coefficient (Wildman–Crippen LogP) is 6.06. The predicted molar refractivity (Wildman–Crippen MR) is 130 cm³/mol. The highest BCUT2D eigenvalue weighted by molar-refractivity contribution is 14.1. The van der Waals surface area contributed by atoms with Crippen LogP contribution in [0.25, 0.3) is 5.57 Å². The number of carbonyl (C=O) groups is 1. The van der Waals surface area contributed by atoms with E-state index in [-0.39, 0.29) is 25.3 Å². The van der Waals surface area contributed by atoms with E-state index in [1.807, 2.05) is 6.07 Å². The van der Waals surface area contributed by atoms with Crippen LogP contribution in [0.1, 0.15) is 34.5 Å². The van der Waals surface area contributed by atoms with Crippen LogP contribution in [-0.2, 0) is 12.7 Å². The van der Waals surface area contributed by atoms with Gasteiger partial charge in [0.15, 0.2) is 0 Å². The van der Waals surface area contributed by atoms with Crippen LogP contribution in [0.5, 0.6) is 0 Å². The molecule has 1 aromatic carbocycles. The summed E-state index contributed by atoms with van der Waals surface area (Å²) < 4.78 is 94.1. The van der Waals surface area contributed by atoms with Crippen molar-refractivity contribution in [3.05, 3.63) is 55.9 Å². The Morgan fingerprint density at radius 1 is 1.22 bits per heavy atom. The molecule has 0 spiro atoms. The van der Waals surface area contributed by atoms with Crippen molar-refractivity contribution >= 4 is 57.7 Å². The van der Waals surface area contributed by atoms with E-state index in [0.717, 1.165) is 19.5 Å². The summed E-state index contributed by atoms with van der Waals surface area (Å²) in [4.78, 5) is 16.6. The minimum Gasteiger partial charge on any atom is -0.404 e. The highest BCUT2D eigenvalue weighted by Gasteiger charge is 2.74. The third kappa shape index (κ3) is 5.28. The number of rotatable bonds is 6. The van der Waals surface area contributed by atoms with Crippen molar-refractivity contribution in [2.75, 3.05) is 0 Å². The lowest BCUT2D eigenvalue weighted by Crippen LogP contribution is -2.51. The summed E-state index contributed by atoms with van der Waals surface area (Å²) in [5.41, 5.74) is -2.27. The topological polar surface area (TPSA) is 96.2 Å². The first-order valence-corrected chi connectivity index (χ1v) is 11.6. The molecule has 0 atom stereocenters. The van der Waals surface area contributed by atoms with Gasteiger partial charge in [-0.15, -0.1) is 0 Å². The van der Waals surface area contributed by atoms with Crippen molar-refractivity contribution in [2.45, 2.75) is 36.4 Å². The van der Waals surface area contributed by atoms with Gasteiger partial charge in [-0.1, -0.05) is 17.7 Å². The summed E-state index contributed by atoms with van der Waals surface area (Å²) in [6, 6.07) is 6.56. The summed E-state index contributed by atoms with van der Waals surface area (Å²) in [7, 11) is 0.815. The molecule has 198 valence electrons. The first kappa shape index (κ1) is 28.8. The van der Waals surface area contributed by atoms with Crippen LogP contribution in [0.2, 0.25) is 5.02 Å². The van der Waals surface area contributed by atoms with Crippen LogP contribution in [0.4, 0.5) is 36.6 Å². The van der Waals surface area contributed by atoms with Crippen molar-refractivity contribution in [3.63, 3.8) is 0 Å². The molecule has 6 nitrogen and oxygen atoms in total. The molecule has 15 heteroatoms. The van der Waals surface area contributed by atoms with E-state index in [9.17, 15) is 40.8 Å². The number of hydrogen-bond donors (Lipinski definition) is 2. The lowest BCUT2D eigenvalue weighted by atomic mass is 10.0. The molecule has 0 aliphatic heterocycles. The molecule has 1 heterocycles. The van der Waals surface area contributed by atoms with Crippen molar-refractivity contribution < 1.29 is 35.5 Å². The van der Waals surface area contributed by atoms with Crippen LogP contribution in [0.15, 0.2) is 35.5 Å². The number of nitriles is 1. The Morgan fingerprint density at radius 2 is 1.81 bits per heavy atom. The molecule has 1 aromatic heterocycles. The van der Waals surface area contributed by atoms with Gasteiger partial charge >= 0.3 is 18.0 Å². The molecule has 37 heavy (non-hydrogen) atoms. The Kier molecular flexibility index (Phi) is 7.64. The van der Waals surface area contributed by atoms with Crippen molar-refractivity contribution in [3.8, 4) is 6.07 Å². The zero-order chi connectivity index (χ0) is 28.0. The number of nitrogens with zero attached hydrogens (tertiary/aromatic N) is 3. The lowest BCUT2D eigenvalue weighted by Gasteiger charge is -2.30. The standard InChI is InChI=1S/C22H16ClF7IN5O/c1-36-16(20(24,21(25,26)27)22(28,29)30)7-15(31)17(36)34-9-12(8-32)11-2-3-14(23)13(6-11)18(37)35-19(10-33)4-5-19/h2-3,6-9H,4-5,32H2,1H3,(H,35,37). The Balaban J connectivity index is 1.98. The fourth-order valence-corrected chi connectivity index (χ4v) is 4.38. The molecule has 3 rings (SSSR count). The van der Waals surface area contributed by atoms with Gasteiger partial charge in [-0.3, -0.25) is 4.79 Å². The summed E-state index contributed by atoms with van der Waals surface area (Å²) >= 11 is 7.55. The Bertz CT molecular complexity index is 1320. The van der Waals surface area contributed by atoms with E-state index in [1.54, 1.807) is 0 Å². The summed E-state index contributed by atoms with van der Waals surface area (Å²) in [5, 5.41) is 11.8. The van der Waals surface area contributed by atoms with Gasteiger partial charge in [-0.25, -0.2) is 9.38 Å². The monoisotopic (exact) mass is 661 g/mol. The molecule has 0 radical (unpaired) electrons. The zero-order valence-electron chi connectivity index (χ0n) is 18.6. The summed E-state index contributed by atoms with van der Waals surface area (Å²) in [5.74, 6) is -1.03. The van der Waals surface area contributed by atoms with Crippen LogP contribution >= 0.6 is 34.2 Å². The van der Waals surface area contributed by atoms with Gasteiger partial charge in [0.25, 0.3) is 5.91 Å². The largest absolute Gasteiger partial charge is 0.437 e. The van der Waals surface area contributed by atoms with Crippen LogP contribution in [-0.4, -0.2) is 34.6 Å². The first-order valence-electron chi connectivity index (χ1n) is 10.2. The molecule has 0 bridgehead atoms. The van der Waals surface area contributed by atoms with E-state index < -0.39 is 41.0 Å². The number of allylic oxidation sites excluding steroid dienone is 1. The molecule has 1 saturated carbocycles. The summed E-state index contributed by atoms with van der Waals surface area (Å²) in [6.07, 6.45) is -9.54. The molecule has 2 aromatic rings. The second-order valence-electron chi connectivity index (χ2n) is 8.14. The molecule has 3 N–H and O–H groups in total. The SMILES string of the molecule is Cn1c(C(F)(C(F)(F)F)C(F)(F)F)cc(I)c1N=CC(=CN)c1ccc(Cl)c(C(=O)NC2(C#N)CC2)c1. The fourth-order valence-electron chi connectivity index (χ4n) is 3.38. The maximum Gasteiger partial charge on any atom is 0.437 e. The Labute approximate surface area is 224 Å². The maximum absolute atomic E-state index is 14.6. The van der Waals surface area contributed by atoms with Gasteiger partial charge in [-0.2, -0.15) is 31.6 Å². The average molecular weight is 662 g/mol. The number of amides is 1. The van der Waals surface area contributed by atoms with Crippen molar-refractivity contribution in [2.24, 2.45) is 17.8 Å². The van der Waals surface area contributed by atoms with Crippen molar-refractivity contribution in [1.82, 2.24) is 9.88 Å². The van der Waals surface area contributed by atoms with Gasteiger partial charge in [0.1, 0.15) is 11.4 Å². The molecule has 1 fully saturated rings. The van der Waals surface area contributed by atoms with Gasteiger partial charge in [0.05, 0.1) is 25.9 Å². The number of nitrogens with one attached hydrogen (secondary N) is 1. The highest BCUT2D eigenvalue weighted by atomic mass is 127. The van der Waals surface area contributed by atoms with E-state index >= 15 is 0 Å². The molecule has 1 amide bonds. The number of aliphatic imine (C=N–C) groups is 1. The minimum absolute atomic E-state index is 0.00161. The highest BCUT2D eigenvalue weighted by Crippen LogP contribution is 2.54. The lowest BCUT2D eigenvalue weighted by molar-refractivity contribution is -0.350. The molecule has 1 aliphatic carbocycles. The Hall–Kier alpha value is -2.80. The number of nitrogens with two attached hydrogens (primary N) is 1. The number of benzene rings is 1. The molecule has 0 saturated heterocycles. The van der Waals surface area contributed by atoms with Gasteiger partial charge in [0, 0.05) is 25.0 Å². The fraction of sp³-hybridized carbons (Fsp3) is 0.318. The zero-order valence-corrected chi connectivity index (χ0v) is 21.5. The minimum atomic E-state index is -6.28. The molecule has 1 aliphatic rings. The van der Waals surface area contributed by atoms with Crippen LogP contribution < -0.4 is 11.1 Å². The first-order chi connectivity index (χ1) is 17.0. The number of halogens is 9. The maximum atomic E-state index is 14.6. The molecular formula is C22H16ClF7IN5O. The van der Waals surface area contributed by atoms with E-state index in [4.69, 9.17) is 17.3 Å². The third-order valence-corrected chi connectivity index (χ3v) is 6.78. The summed E-state index contributed by atoms with van der Waals surface area (Å²) in [6.45, 7) is 0. The quantitative estimate of drug-likeness (QED) is 0.224. The van der Waals surface area contributed by atoms with E-state index in [2.05, 4.69) is 10.3 Å². The number of carbonyl (C=O) groups excluding carboxylic acids is 1. The molecular weight excluding hydrogens is 646 g/mol. The number of aromatic nitrogens is 1. The van der Waals surface area contributed by atoms with Crippen molar-refractivity contribution in [1.29, 1.82) is 5.26 Å². The third-order valence-electron chi connectivity index (χ3n) is 5.66. The second kappa shape index (κ2) is 9.82. The smallest absolute Gasteiger partial charge is 0.404 e. The average Bonchev–Trinajstić information content (AvgIpc) is 3.52.